The molecule has 1 saturated heterocycles. The van der Waals surface area contributed by atoms with Crippen LogP contribution in [0.25, 0.3) is 0 Å². The van der Waals surface area contributed by atoms with Crippen LogP contribution in [0.1, 0.15) is 54.4 Å². The first-order valence-electron chi connectivity index (χ1n) is 9.57. The maximum Gasteiger partial charge on any atom is 0.347 e. The lowest BCUT2D eigenvalue weighted by molar-refractivity contribution is -0.235. The number of aliphatic hydroxyl groups is 1. The number of ether oxygens (including phenoxy) is 3. The Hall–Kier alpha value is -2.53. The fraction of sp³-hybridized carbons (Fsp3) is 0.737. The number of hydrogen-bond acceptors (Lipinski definition) is 10. The molecule has 11 heteroatoms. The fourth-order valence-corrected chi connectivity index (χ4v) is 2.28. The summed E-state index contributed by atoms with van der Waals surface area (Å²) in [5.74, 6) is -7.58. The van der Waals surface area contributed by atoms with E-state index in [2.05, 4.69) is 0 Å². The van der Waals surface area contributed by atoms with Gasteiger partial charge in [-0.25, -0.2) is 14.4 Å². The number of esters is 2. The summed E-state index contributed by atoms with van der Waals surface area (Å²) < 4.78 is 15.2. The first-order valence-corrected chi connectivity index (χ1v) is 9.57. The minimum Gasteiger partial charge on any atom is -0.463 e. The maximum atomic E-state index is 12.6. The van der Waals surface area contributed by atoms with Crippen molar-refractivity contribution in [3.8, 4) is 0 Å². The number of hydroxylamine groups is 2. The summed E-state index contributed by atoms with van der Waals surface area (Å²) in [5.41, 5.74) is 0. The number of amides is 2. The van der Waals surface area contributed by atoms with Gasteiger partial charge in [-0.3, -0.25) is 9.59 Å². The molecule has 0 aromatic rings. The highest BCUT2D eigenvalue weighted by molar-refractivity contribution is 6.01. The molecule has 3 atom stereocenters. The van der Waals surface area contributed by atoms with Gasteiger partial charge in [0, 0.05) is 12.8 Å². The first kappa shape index (κ1) is 25.5. The third-order valence-corrected chi connectivity index (χ3v) is 3.84. The van der Waals surface area contributed by atoms with Crippen molar-refractivity contribution < 1.29 is 48.1 Å². The van der Waals surface area contributed by atoms with Gasteiger partial charge in [-0.1, -0.05) is 13.8 Å². The summed E-state index contributed by atoms with van der Waals surface area (Å²) in [6.45, 7) is 8.75. The van der Waals surface area contributed by atoms with Gasteiger partial charge in [-0.15, -0.1) is 5.06 Å². The molecule has 1 aliphatic rings. The zero-order valence-electron chi connectivity index (χ0n) is 18.0. The largest absolute Gasteiger partial charge is 0.463 e. The lowest BCUT2D eigenvalue weighted by Crippen LogP contribution is -2.46. The van der Waals surface area contributed by atoms with E-state index in [4.69, 9.17) is 19.0 Å². The molecule has 11 nitrogen and oxygen atoms in total. The highest BCUT2D eigenvalue weighted by Gasteiger charge is 2.41. The second-order valence-electron chi connectivity index (χ2n) is 7.87. The van der Waals surface area contributed by atoms with Gasteiger partial charge in [0.05, 0.1) is 12.5 Å². The Balaban J connectivity index is 2.87. The summed E-state index contributed by atoms with van der Waals surface area (Å²) >= 11 is 0. The van der Waals surface area contributed by atoms with Crippen molar-refractivity contribution in [3.05, 3.63) is 0 Å². The van der Waals surface area contributed by atoms with Crippen molar-refractivity contribution in [1.82, 2.24) is 5.06 Å². The molecule has 1 heterocycles. The van der Waals surface area contributed by atoms with Gasteiger partial charge in [0.25, 0.3) is 11.8 Å². The molecule has 0 aromatic carbocycles. The summed E-state index contributed by atoms with van der Waals surface area (Å²) in [6.07, 6.45) is -3.18. The summed E-state index contributed by atoms with van der Waals surface area (Å²) in [7, 11) is 0. The van der Waals surface area contributed by atoms with E-state index in [1.165, 1.54) is 27.7 Å². The van der Waals surface area contributed by atoms with Crippen LogP contribution < -0.4 is 0 Å². The third kappa shape index (κ3) is 7.71. The second-order valence-corrected chi connectivity index (χ2v) is 7.87. The summed E-state index contributed by atoms with van der Waals surface area (Å²) in [4.78, 5) is 64.9. The van der Waals surface area contributed by atoms with Gasteiger partial charge >= 0.3 is 17.9 Å². The van der Waals surface area contributed by atoms with Gasteiger partial charge in [0.15, 0.2) is 18.0 Å². The maximum absolute atomic E-state index is 12.6. The van der Waals surface area contributed by atoms with Gasteiger partial charge in [-0.05, 0) is 33.6 Å². The molecule has 170 valence electrons. The van der Waals surface area contributed by atoms with E-state index in [0.717, 1.165) is 0 Å². The molecule has 0 bridgehead atoms. The summed E-state index contributed by atoms with van der Waals surface area (Å²) in [5, 5.41) is 10.3. The van der Waals surface area contributed by atoms with Crippen LogP contribution in [-0.2, 0) is 43.0 Å². The Kier molecular flexibility index (Phi) is 8.91. The fourth-order valence-electron chi connectivity index (χ4n) is 2.28. The van der Waals surface area contributed by atoms with Crippen LogP contribution in [0.5, 0.6) is 0 Å². The Morgan fingerprint density at radius 2 is 1.53 bits per heavy atom. The molecular weight excluding hydrogens is 402 g/mol. The Labute approximate surface area is 174 Å². The van der Waals surface area contributed by atoms with Crippen LogP contribution in [0.4, 0.5) is 0 Å². The van der Waals surface area contributed by atoms with Crippen molar-refractivity contribution >= 4 is 29.7 Å². The van der Waals surface area contributed by atoms with Gasteiger partial charge in [0.2, 0.25) is 0 Å². The standard InChI is InChI=1S/C19H29NO10/c1-10(2)9-27-17(24)12(4)28-18(25)15(29-19(5,6)26)11(3)16(23)30-20-13(21)7-8-14(20)22/h10-12,15,26H,7-9H2,1-6H3/t11-,12+,15-/m1/s1. The van der Waals surface area contributed by atoms with Gasteiger partial charge in [0.1, 0.15) is 0 Å². The van der Waals surface area contributed by atoms with Gasteiger partial charge in [-0.2, -0.15) is 0 Å². The zero-order chi connectivity index (χ0) is 23.2. The van der Waals surface area contributed by atoms with Crippen LogP contribution in [0.3, 0.4) is 0 Å². The number of rotatable bonds is 10. The van der Waals surface area contributed by atoms with Crippen LogP contribution in [0.2, 0.25) is 0 Å². The normalized spacial score (nSPS) is 17.5. The molecule has 1 aliphatic heterocycles. The Morgan fingerprint density at radius 1 is 1.00 bits per heavy atom. The predicted molar refractivity (Wildman–Crippen MR) is 98.9 cm³/mol. The monoisotopic (exact) mass is 431 g/mol. The molecule has 0 radical (unpaired) electrons. The molecule has 1 N–H and O–H groups in total. The van der Waals surface area contributed by atoms with E-state index in [9.17, 15) is 29.1 Å². The lowest BCUT2D eigenvalue weighted by Gasteiger charge is -2.29. The van der Waals surface area contributed by atoms with Crippen LogP contribution in [-0.4, -0.2) is 64.5 Å². The lowest BCUT2D eigenvalue weighted by atomic mass is 10.0. The van der Waals surface area contributed by atoms with Crippen molar-refractivity contribution in [1.29, 1.82) is 0 Å². The van der Waals surface area contributed by atoms with Crippen molar-refractivity contribution in [2.24, 2.45) is 11.8 Å². The highest BCUT2D eigenvalue weighted by Crippen LogP contribution is 2.21. The van der Waals surface area contributed by atoms with E-state index in [1.54, 1.807) is 0 Å². The zero-order valence-corrected chi connectivity index (χ0v) is 18.0. The molecular formula is C19H29NO10. The van der Waals surface area contributed by atoms with E-state index in [1.807, 2.05) is 13.8 Å². The third-order valence-electron chi connectivity index (χ3n) is 3.84. The smallest absolute Gasteiger partial charge is 0.347 e. The topological polar surface area (TPSA) is 146 Å². The molecule has 2 amide bonds. The molecule has 1 fully saturated rings. The molecule has 1 rings (SSSR count). The Bertz CT molecular complexity index is 665. The van der Waals surface area contributed by atoms with E-state index in [-0.39, 0.29) is 25.4 Å². The molecule has 0 unspecified atom stereocenters. The number of carbonyl (C=O) groups excluding carboxylic acids is 5. The van der Waals surface area contributed by atoms with Gasteiger partial charge < -0.3 is 24.2 Å². The average Bonchev–Trinajstić information content (AvgIpc) is 2.94. The molecule has 30 heavy (non-hydrogen) atoms. The quantitative estimate of drug-likeness (QED) is 0.294. The number of hydrogen-bond donors (Lipinski definition) is 1. The summed E-state index contributed by atoms with van der Waals surface area (Å²) in [6, 6.07) is 0. The van der Waals surface area contributed by atoms with Crippen molar-refractivity contribution in [2.45, 2.75) is 72.4 Å². The molecule has 0 spiro atoms. The first-order chi connectivity index (χ1) is 13.7. The van der Waals surface area contributed by atoms with Crippen LogP contribution >= 0.6 is 0 Å². The van der Waals surface area contributed by atoms with E-state index in [0.29, 0.717) is 5.06 Å². The number of carbonyl (C=O) groups is 5. The number of nitrogens with zero attached hydrogens (tertiary/aromatic N) is 1. The minimum absolute atomic E-state index is 0.0777. The number of imide groups is 1. The van der Waals surface area contributed by atoms with Crippen molar-refractivity contribution in [2.75, 3.05) is 6.61 Å². The average molecular weight is 431 g/mol. The predicted octanol–water partition coefficient (Wildman–Crippen LogP) is 0.474. The van der Waals surface area contributed by atoms with E-state index >= 15 is 0 Å². The highest BCUT2D eigenvalue weighted by atomic mass is 16.7. The minimum atomic E-state index is -1.85. The van der Waals surface area contributed by atoms with Crippen molar-refractivity contribution in [3.63, 3.8) is 0 Å². The Morgan fingerprint density at radius 3 is 2.00 bits per heavy atom. The molecule has 0 saturated carbocycles. The second kappa shape index (κ2) is 10.5. The molecule has 0 aliphatic carbocycles. The SMILES string of the molecule is CC(C)COC(=O)[C@H](C)OC(=O)[C@H](OC(C)(C)O)[C@@H](C)C(=O)ON1C(=O)CCC1=O. The van der Waals surface area contributed by atoms with Crippen LogP contribution in [0.15, 0.2) is 0 Å². The molecule has 0 aromatic heterocycles. The van der Waals surface area contributed by atoms with E-state index < -0.39 is 53.6 Å². The van der Waals surface area contributed by atoms with Crippen LogP contribution in [0, 0.1) is 11.8 Å².